The summed E-state index contributed by atoms with van der Waals surface area (Å²) in [4.78, 5) is 0. The third kappa shape index (κ3) is 7.70. The van der Waals surface area contributed by atoms with E-state index in [2.05, 4.69) is 27.7 Å². The van der Waals surface area contributed by atoms with Crippen molar-refractivity contribution in [1.82, 2.24) is 0 Å². The molecule has 0 aromatic heterocycles. The molecule has 6 saturated carbocycles. The van der Waals surface area contributed by atoms with Gasteiger partial charge in [0.25, 0.3) is 0 Å². The van der Waals surface area contributed by atoms with Gasteiger partial charge in [0.1, 0.15) is 0 Å². The zero-order chi connectivity index (χ0) is 27.2. The zero-order valence-electron chi connectivity index (χ0n) is 27.2. The van der Waals surface area contributed by atoms with E-state index in [4.69, 9.17) is 0 Å². The first-order chi connectivity index (χ1) is 19.0. The molecule has 0 amide bonds. The number of hydrogen-bond donors (Lipinski definition) is 0. The van der Waals surface area contributed by atoms with E-state index >= 15 is 0 Å². The monoisotopic (exact) mass is 539 g/mol. The van der Waals surface area contributed by atoms with Crippen LogP contribution in [0.5, 0.6) is 0 Å². The van der Waals surface area contributed by atoms with Gasteiger partial charge in [-0.1, -0.05) is 130 Å². The van der Waals surface area contributed by atoms with E-state index in [0.717, 1.165) is 71.0 Å². The Hall–Kier alpha value is 0. The van der Waals surface area contributed by atoms with Crippen LogP contribution in [0.1, 0.15) is 175 Å². The highest BCUT2D eigenvalue weighted by Gasteiger charge is 2.47. The van der Waals surface area contributed by atoms with E-state index in [1.54, 1.807) is 83.5 Å². The van der Waals surface area contributed by atoms with Crippen LogP contribution in [-0.2, 0) is 0 Å². The number of fused-ring (bicyclic) bond motifs is 1. The van der Waals surface area contributed by atoms with Gasteiger partial charge in [-0.05, 0) is 116 Å². The van der Waals surface area contributed by atoms with Crippen LogP contribution in [0.2, 0.25) is 0 Å². The molecule has 0 heterocycles. The van der Waals surface area contributed by atoms with Gasteiger partial charge in [0.15, 0.2) is 0 Å². The quantitative estimate of drug-likeness (QED) is 0.315. The van der Waals surface area contributed by atoms with Crippen molar-refractivity contribution in [3.05, 3.63) is 0 Å². The van der Waals surface area contributed by atoms with Gasteiger partial charge in [-0.25, -0.2) is 0 Å². The van der Waals surface area contributed by atoms with Gasteiger partial charge in [-0.2, -0.15) is 0 Å². The summed E-state index contributed by atoms with van der Waals surface area (Å²) in [7, 11) is 0. The third-order valence-corrected chi connectivity index (χ3v) is 14.2. The maximum Gasteiger partial charge on any atom is -0.0324 e. The van der Waals surface area contributed by atoms with Crippen molar-refractivity contribution in [2.24, 2.45) is 71.0 Å². The van der Waals surface area contributed by atoms with Crippen molar-refractivity contribution in [3.63, 3.8) is 0 Å². The van der Waals surface area contributed by atoms with E-state index in [9.17, 15) is 0 Å². The Bertz CT molecular complexity index is 674. The Morgan fingerprint density at radius 2 is 1.08 bits per heavy atom. The molecule has 6 rings (SSSR count). The Kier molecular flexibility index (Phi) is 11.7. The minimum absolute atomic E-state index is 1.02. The minimum atomic E-state index is 1.02. The highest BCUT2D eigenvalue weighted by atomic mass is 14.5. The molecule has 0 aliphatic heterocycles. The summed E-state index contributed by atoms with van der Waals surface area (Å²) in [6.45, 7) is 10.0. The van der Waals surface area contributed by atoms with Crippen molar-refractivity contribution in [1.29, 1.82) is 0 Å². The average Bonchev–Trinajstić information content (AvgIpc) is 3.59. The lowest BCUT2D eigenvalue weighted by Gasteiger charge is -2.49. The van der Waals surface area contributed by atoms with E-state index < -0.39 is 0 Å². The molecule has 0 N–H and O–H groups in total. The molecular formula is C39H70. The zero-order valence-corrected chi connectivity index (χ0v) is 27.2. The molecular weight excluding hydrogens is 468 g/mol. The standard InChI is InChI=1S/C20H36.C19H34/c1-3-4-12-18-15(2)14-17-11-8-13-19(17)20(18)16-9-6-5-7-10-16;1-14-8-10-17(11-9-14)19-13-18(12-15(19)2)16-6-4-3-5-7-16/h15-20H,3-14H2,1-2H3;14-19H,3-13H2,1-2H3. The summed E-state index contributed by atoms with van der Waals surface area (Å²) in [6, 6.07) is 0. The Labute approximate surface area is 246 Å². The number of unbranched alkanes of at least 4 members (excludes halogenated alkanes) is 1. The molecule has 0 radical (unpaired) electrons. The molecule has 39 heavy (non-hydrogen) atoms. The van der Waals surface area contributed by atoms with E-state index in [0.29, 0.717) is 0 Å². The summed E-state index contributed by atoms with van der Waals surface area (Å²) < 4.78 is 0. The molecule has 8 unspecified atom stereocenters. The van der Waals surface area contributed by atoms with E-state index in [1.165, 1.54) is 64.2 Å². The van der Waals surface area contributed by atoms with Crippen molar-refractivity contribution < 1.29 is 0 Å². The fourth-order valence-corrected chi connectivity index (χ4v) is 12.0. The Morgan fingerprint density at radius 3 is 1.74 bits per heavy atom. The van der Waals surface area contributed by atoms with Crippen molar-refractivity contribution in [3.8, 4) is 0 Å². The van der Waals surface area contributed by atoms with Crippen LogP contribution in [-0.4, -0.2) is 0 Å². The van der Waals surface area contributed by atoms with Gasteiger partial charge in [0.05, 0.1) is 0 Å². The van der Waals surface area contributed by atoms with Crippen LogP contribution in [0.25, 0.3) is 0 Å². The lowest BCUT2D eigenvalue weighted by Crippen LogP contribution is -2.41. The van der Waals surface area contributed by atoms with Gasteiger partial charge >= 0.3 is 0 Å². The predicted molar refractivity (Wildman–Crippen MR) is 171 cm³/mol. The SMILES string of the molecule is CC1CCC(C2CC(C3CCCCC3)CC2C)CC1.CCCCC1C(C)CC2CCCC2C1C1CCCCC1. The smallest absolute Gasteiger partial charge is 0.0324 e. The second-order valence-corrected chi connectivity index (χ2v) is 16.6. The highest BCUT2D eigenvalue weighted by molar-refractivity contribution is 4.97. The molecule has 8 atom stereocenters. The second kappa shape index (κ2) is 14.9. The van der Waals surface area contributed by atoms with Gasteiger partial charge in [0.2, 0.25) is 0 Å². The van der Waals surface area contributed by atoms with Crippen LogP contribution >= 0.6 is 0 Å². The molecule has 0 nitrogen and oxygen atoms in total. The fourth-order valence-electron chi connectivity index (χ4n) is 12.0. The summed E-state index contributed by atoms with van der Waals surface area (Å²) >= 11 is 0. The highest BCUT2D eigenvalue weighted by Crippen LogP contribution is 2.56. The summed E-state index contributed by atoms with van der Waals surface area (Å²) in [5.74, 6) is 13.1. The first-order valence-corrected chi connectivity index (χ1v) is 19.0. The molecule has 0 heteroatoms. The number of rotatable bonds is 6. The normalized spacial score (nSPS) is 44.0. The van der Waals surface area contributed by atoms with Gasteiger partial charge in [-0.3, -0.25) is 0 Å². The average molecular weight is 539 g/mol. The third-order valence-electron chi connectivity index (χ3n) is 14.2. The molecule has 0 spiro atoms. The maximum atomic E-state index is 2.60. The van der Waals surface area contributed by atoms with Crippen LogP contribution in [0, 0.1) is 71.0 Å². The fraction of sp³-hybridized carbons (Fsp3) is 1.00. The number of hydrogen-bond acceptors (Lipinski definition) is 0. The minimum Gasteiger partial charge on any atom is -0.0654 e. The largest absolute Gasteiger partial charge is 0.0654 e. The topological polar surface area (TPSA) is 0 Å². The first-order valence-electron chi connectivity index (χ1n) is 19.0. The summed E-state index contributed by atoms with van der Waals surface area (Å²) in [5.41, 5.74) is 0. The van der Waals surface area contributed by atoms with Gasteiger partial charge in [-0.15, -0.1) is 0 Å². The lowest BCUT2D eigenvalue weighted by atomic mass is 9.56. The molecule has 6 fully saturated rings. The molecule has 226 valence electrons. The van der Waals surface area contributed by atoms with Crippen molar-refractivity contribution >= 4 is 0 Å². The first kappa shape index (κ1) is 30.5. The molecule has 0 aromatic carbocycles. The summed E-state index contributed by atoms with van der Waals surface area (Å²) in [6.07, 6.45) is 35.4. The Balaban J connectivity index is 0.000000158. The predicted octanol–water partition coefficient (Wildman–Crippen LogP) is 12.5. The molecule has 6 aliphatic carbocycles. The molecule has 0 saturated heterocycles. The van der Waals surface area contributed by atoms with Crippen LogP contribution in [0.15, 0.2) is 0 Å². The van der Waals surface area contributed by atoms with E-state index in [1.807, 2.05) is 0 Å². The molecule has 0 aromatic rings. The lowest BCUT2D eigenvalue weighted by molar-refractivity contribution is 0.00254. The van der Waals surface area contributed by atoms with Crippen LogP contribution in [0.4, 0.5) is 0 Å². The van der Waals surface area contributed by atoms with Gasteiger partial charge in [0, 0.05) is 0 Å². The Morgan fingerprint density at radius 1 is 0.462 bits per heavy atom. The van der Waals surface area contributed by atoms with E-state index in [-0.39, 0.29) is 0 Å². The maximum absolute atomic E-state index is 2.60. The van der Waals surface area contributed by atoms with Crippen molar-refractivity contribution in [2.45, 2.75) is 175 Å². The second-order valence-electron chi connectivity index (χ2n) is 16.6. The van der Waals surface area contributed by atoms with Crippen molar-refractivity contribution in [2.75, 3.05) is 0 Å². The molecule has 0 bridgehead atoms. The summed E-state index contributed by atoms with van der Waals surface area (Å²) in [5, 5.41) is 0. The van der Waals surface area contributed by atoms with Crippen LogP contribution in [0.3, 0.4) is 0 Å². The molecule has 6 aliphatic rings. The van der Waals surface area contributed by atoms with Gasteiger partial charge < -0.3 is 0 Å². The van der Waals surface area contributed by atoms with Crippen LogP contribution < -0.4 is 0 Å².